The molecule has 0 saturated heterocycles. The van der Waals surface area contributed by atoms with Crippen LogP contribution in [0.15, 0.2) is 22.7 Å². The Labute approximate surface area is 98.4 Å². The number of rotatable bonds is 5. The van der Waals surface area contributed by atoms with Crippen molar-refractivity contribution in [1.82, 2.24) is 0 Å². The Bertz CT molecular complexity index is 334. The average Bonchev–Trinajstić information content (AvgIpc) is 3.01. The highest BCUT2D eigenvalue weighted by Crippen LogP contribution is 2.33. The molecule has 0 spiro atoms. The lowest BCUT2D eigenvalue weighted by Gasteiger charge is -2.12. The van der Waals surface area contributed by atoms with Crippen LogP contribution in [-0.4, -0.2) is 18.3 Å². The summed E-state index contributed by atoms with van der Waals surface area (Å²) in [6, 6.07) is 5.95. The molecule has 2 nitrogen and oxygen atoms in total. The first-order valence-electron chi connectivity index (χ1n) is 5.32. The molecule has 3 heteroatoms. The Morgan fingerprint density at radius 2 is 2.20 bits per heavy atom. The van der Waals surface area contributed by atoms with Crippen LogP contribution in [0.4, 0.5) is 0 Å². The quantitative estimate of drug-likeness (QED) is 0.892. The zero-order chi connectivity index (χ0) is 10.7. The summed E-state index contributed by atoms with van der Waals surface area (Å²) in [6.07, 6.45) is 3.24. The second kappa shape index (κ2) is 4.99. The highest BCUT2D eigenvalue weighted by atomic mass is 79.9. The molecule has 2 rings (SSSR count). The molecule has 0 atom stereocenters. The summed E-state index contributed by atoms with van der Waals surface area (Å²) in [5.74, 6) is 1.65. The Balaban J connectivity index is 2.09. The maximum Gasteiger partial charge on any atom is 0.136 e. The van der Waals surface area contributed by atoms with Crippen molar-refractivity contribution >= 4 is 15.9 Å². The predicted octanol–water partition coefficient (Wildman–Crippen LogP) is 2.77. The molecule has 1 saturated carbocycles. The van der Waals surface area contributed by atoms with Crippen molar-refractivity contribution in [2.24, 2.45) is 5.92 Å². The molecule has 0 aliphatic heterocycles. The monoisotopic (exact) mass is 270 g/mol. The topological polar surface area (TPSA) is 29.5 Å². The molecule has 0 heterocycles. The summed E-state index contributed by atoms with van der Waals surface area (Å²) in [6.45, 7) is 0.970. The molecule has 0 bridgehead atoms. The minimum Gasteiger partial charge on any atom is -0.492 e. The molecule has 1 fully saturated rings. The third kappa shape index (κ3) is 2.95. The summed E-state index contributed by atoms with van der Waals surface area (Å²) < 4.78 is 6.77. The molecule has 1 aliphatic carbocycles. The minimum atomic E-state index is 0.163. The average molecular weight is 271 g/mol. The molecule has 1 N–H and O–H groups in total. The summed E-state index contributed by atoms with van der Waals surface area (Å²) in [5, 5.41) is 8.95. The van der Waals surface area contributed by atoms with Crippen molar-refractivity contribution in [2.75, 3.05) is 13.2 Å². The zero-order valence-corrected chi connectivity index (χ0v) is 10.2. The number of aliphatic hydroxyl groups excluding tert-OH is 1. The third-order valence-corrected chi connectivity index (χ3v) is 3.21. The fourth-order valence-electron chi connectivity index (χ4n) is 1.52. The molecular weight excluding hydrogens is 256 g/mol. The van der Waals surface area contributed by atoms with Gasteiger partial charge in [-0.05, 0) is 52.7 Å². The first-order valence-corrected chi connectivity index (χ1v) is 6.11. The van der Waals surface area contributed by atoms with E-state index < -0.39 is 0 Å². The van der Waals surface area contributed by atoms with Crippen molar-refractivity contribution in [2.45, 2.75) is 19.3 Å². The van der Waals surface area contributed by atoms with Crippen molar-refractivity contribution in [3.05, 3.63) is 28.2 Å². The number of hydrogen-bond donors (Lipinski definition) is 1. The molecule has 0 amide bonds. The molecule has 0 radical (unpaired) electrons. The maximum atomic E-state index is 8.95. The maximum absolute atomic E-state index is 8.95. The van der Waals surface area contributed by atoms with E-state index in [4.69, 9.17) is 9.84 Å². The van der Waals surface area contributed by atoms with Crippen LogP contribution in [0, 0.1) is 5.92 Å². The molecule has 1 aliphatic rings. The standard InChI is InChI=1S/C12H15BrO2/c13-11-3-1-2-10(6-7-14)12(11)15-8-9-4-5-9/h1-3,9,14H,4-8H2. The number of para-hydroxylation sites is 1. The van der Waals surface area contributed by atoms with Gasteiger partial charge in [-0.3, -0.25) is 0 Å². The normalized spacial score (nSPS) is 15.3. The largest absolute Gasteiger partial charge is 0.492 e. The van der Waals surface area contributed by atoms with E-state index in [0.29, 0.717) is 6.42 Å². The first-order chi connectivity index (χ1) is 7.31. The lowest BCUT2D eigenvalue weighted by atomic mass is 10.1. The van der Waals surface area contributed by atoms with Gasteiger partial charge in [0.05, 0.1) is 11.1 Å². The molecule has 1 aromatic carbocycles. The van der Waals surface area contributed by atoms with Crippen LogP contribution in [0.1, 0.15) is 18.4 Å². The molecular formula is C12H15BrO2. The van der Waals surface area contributed by atoms with Crippen LogP contribution in [-0.2, 0) is 6.42 Å². The second-order valence-electron chi connectivity index (χ2n) is 3.96. The van der Waals surface area contributed by atoms with Crippen molar-refractivity contribution in [3.63, 3.8) is 0 Å². The Morgan fingerprint density at radius 1 is 1.40 bits per heavy atom. The van der Waals surface area contributed by atoms with Crippen molar-refractivity contribution < 1.29 is 9.84 Å². The van der Waals surface area contributed by atoms with Crippen LogP contribution in [0.2, 0.25) is 0 Å². The van der Waals surface area contributed by atoms with Crippen LogP contribution in [0.5, 0.6) is 5.75 Å². The van der Waals surface area contributed by atoms with Gasteiger partial charge < -0.3 is 9.84 Å². The molecule has 0 aromatic heterocycles. The van der Waals surface area contributed by atoms with Crippen molar-refractivity contribution in [3.8, 4) is 5.75 Å². The van der Waals surface area contributed by atoms with Gasteiger partial charge in [0, 0.05) is 6.61 Å². The lowest BCUT2D eigenvalue weighted by Crippen LogP contribution is -2.03. The van der Waals surface area contributed by atoms with Gasteiger partial charge >= 0.3 is 0 Å². The van der Waals surface area contributed by atoms with E-state index in [-0.39, 0.29) is 6.61 Å². The Hall–Kier alpha value is -0.540. The summed E-state index contributed by atoms with van der Waals surface area (Å²) >= 11 is 3.48. The van der Waals surface area contributed by atoms with Gasteiger partial charge in [-0.15, -0.1) is 0 Å². The van der Waals surface area contributed by atoms with E-state index in [9.17, 15) is 0 Å². The molecule has 15 heavy (non-hydrogen) atoms. The fraction of sp³-hybridized carbons (Fsp3) is 0.500. The van der Waals surface area contributed by atoms with Crippen LogP contribution < -0.4 is 4.74 Å². The van der Waals surface area contributed by atoms with Gasteiger partial charge in [0.15, 0.2) is 0 Å². The number of ether oxygens (including phenoxy) is 1. The first kappa shape index (κ1) is 11.0. The van der Waals surface area contributed by atoms with E-state index in [2.05, 4.69) is 15.9 Å². The number of hydrogen-bond acceptors (Lipinski definition) is 2. The van der Waals surface area contributed by atoms with Crippen LogP contribution in [0.25, 0.3) is 0 Å². The van der Waals surface area contributed by atoms with Crippen LogP contribution in [0.3, 0.4) is 0 Å². The van der Waals surface area contributed by atoms with Crippen molar-refractivity contribution in [1.29, 1.82) is 0 Å². The summed E-state index contributed by atoms with van der Waals surface area (Å²) in [4.78, 5) is 0. The smallest absolute Gasteiger partial charge is 0.136 e. The minimum absolute atomic E-state index is 0.163. The fourth-order valence-corrected chi connectivity index (χ4v) is 2.04. The van der Waals surface area contributed by atoms with E-state index in [0.717, 1.165) is 28.3 Å². The molecule has 82 valence electrons. The summed E-state index contributed by atoms with van der Waals surface area (Å²) in [5.41, 5.74) is 1.08. The zero-order valence-electron chi connectivity index (χ0n) is 8.58. The van der Waals surface area contributed by atoms with E-state index >= 15 is 0 Å². The van der Waals surface area contributed by atoms with Gasteiger partial charge in [0.2, 0.25) is 0 Å². The van der Waals surface area contributed by atoms with E-state index in [1.165, 1.54) is 12.8 Å². The number of halogens is 1. The molecule has 1 aromatic rings. The Morgan fingerprint density at radius 3 is 2.87 bits per heavy atom. The predicted molar refractivity (Wildman–Crippen MR) is 63.2 cm³/mol. The van der Waals surface area contributed by atoms with Crippen LogP contribution >= 0.6 is 15.9 Å². The highest BCUT2D eigenvalue weighted by Gasteiger charge is 2.22. The Kier molecular flexibility index (Phi) is 3.65. The van der Waals surface area contributed by atoms with Gasteiger partial charge in [-0.25, -0.2) is 0 Å². The van der Waals surface area contributed by atoms with Gasteiger partial charge in [-0.2, -0.15) is 0 Å². The third-order valence-electron chi connectivity index (χ3n) is 2.59. The lowest BCUT2D eigenvalue weighted by molar-refractivity contribution is 0.280. The molecule has 0 unspecified atom stereocenters. The number of aliphatic hydroxyl groups is 1. The highest BCUT2D eigenvalue weighted by molar-refractivity contribution is 9.10. The van der Waals surface area contributed by atoms with Gasteiger partial charge in [-0.1, -0.05) is 12.1 Å². The van der Waals surface area contributed by atoms with E-state index in [1.54, 1.807) is 0 Å². The van der Waals surface area contributed by atoms with Gasteiger partial charge in [0.25, 0.3) is 0 Å². The van der Waals surface area contributed by atoms with Gasteiger partial charge in [0.1, 0.15) is 5.75 Å². The summed E-state index contributed by atoms with van der Waals surface area (Å²) in [7, 11) is 0. The van der Waals surface area contributed by atoms with E-state index in [1.807, 2.05) is 18.2 Å². The SMILES string of the molecule is OCCc1cccc(Br)c1OCC1CC1. The number of benzene rings is 1. The second-order valence-corrected chi connectivity index (χ2v) is 4.81.